The van der Waals surface area contributed by atoms with Gasteiger partial charge in [0.2, 0.25) is 0 Å². The van der Waals surface area contributed by atoms with Crippen molar-refractivity contribution in [2.45, 2.75) is 0 Å². The maximum absolute atomic E-state index is 10.7. The van der Waals surface area contributed by atoms with Gasteiger partial charge in [-0.15, -0.1) is 0 Å². The van der Waals surface area contributed by atoms with Crippen LogP contribution in [0.2, 0.25) is 0 Å². The number of H-pyrrole nitrogens is 1. The average Bonchev–Trinajstić information content (AvgIpc) is 2.43. The minimum Gasteiger partial charge on any atom is -0.477 e. The van der Waals surface area contributed by atoms with Crippen LogP contribution in [0, 0.1) is 0 Å². The second-order valence-corrected chi connectivity index (χ2v) is 3.02. The van der Waals surface area contributed by atoms with Gasteiger partial charge in [0.15, 0.2) is 0 Å². The summed E-state index contributed by atoms with van der Waals surface area (Å²) in [6.45, 7) is 0. The van der Waals surface area contributed by atoms with E-state index in [-0.39, 0.29) is 11.4 Å². The molecule has 0 atom stereocenters. The first-order valence-electron chi connectivity index (χ1n) is 3.99. The molecule has 0 amide bonds. The summed E-state index contributed by atoms with van der Waals surface area (Å²) in [5, 5.41) is 9.47. The summed E-state index contributed by atoms with van der Waals surface area (Å²) in [7, 11) is 0. The van der Waals surface area contributed by atoms with Gasteiger partial charge in [0.25, 0.3) is 0 Å². The van der Waals surface area contributed by atoms with Crippen LogP contribution in [0.1, 0.15) is 10.5 Å². The van der Waals surface area contributed by atoms with Gasteiger partial charge >= 0.3 is 5.97 Å². The van der Waals surface area contributed by atoms with Crippen molar-refractivity contribution in [3.8, 4) is 0 Å². The summed E-state index contributed by atoms with van der Waals surface area (Å²) in [4.78, 5) is 13.4. The number of aromatic nitrogens is 1. The summed E-state index contributed by atoms with van der Waals surface area (Å²) in [6, 6.07) is 5.03. The lowest BCUT2D eigenvalue weighted by atomic mass is 10.2. The lowest BCUT2D eigenvalue weighted by Crippen LogP contribution is -2.00. The van der Waals surface area contributed by atoms with Crippen molar-refractivity contribution in [1.29, 1.82) is 0 Å². The largest absolute Gasteiger partial charge is 0.477 e. The van der Waals surface area contributed by atoms with E-state index in [9.17, 15) is 4.79 Å². The van der Waals surface area contributed by atoms with E-state index in [4.69, 9.17) is 16.6 Å². The summed E-state index contributed by atoms with van der Waals surface area (Å²) < 4.78 is 0. The fourth-order valence-electron chi connectivity index (χ4n) is 1.41. The first kappa shape index (κ1) is 8.43. The average molecular weight is 191 g/mol. The molecule has 14 heavy (non-hydrogen) atoms. The van der Waals surface area contributed by atoms with Crippen LogP contribution in [0.3, 0.4) is 0 Å². The van der Waals surface area contributed by atoms with E-state index >= 15 is 0 Å². The molecule has 1 aromatic carbocycles. The molecule has 0 saturated carbocycles. The van der Waals surface area contributed by atoms with Gasteiger partial charge in [-0.1, -0.05) is 0 Å². The Kier molecular flexibility index (Phi) is 1.60. The summed E-state index contributed by atoms with van der Waals surface area (Å²) in [5.41, 5.74) is 12.6. The van der Waals surface area contributed by atoms with Crippen LogP contribution in [0.25, 0.3) is 10.9 Å². The van der Waals surface area contributed by atoms with Gasteiger partial charge in [0, 0.05) is 11.1 Å². The van der Waals surface area contributed by atoms with E-state index in [1.165, 1.54) is 0 Å². The van der Waals surface area contributed by atoms with E-state index in [0.717, 1.165) is 0 Å². The van der Waals surface area contributed by atoms with Crippen molar-refractivity contribution in [2.24, 2.45) is 0 Å². The predicted molar refractivity (Wildman–Crippen MR) is 54.1 cm³/mol. The van der Waals surface area contributed by atoms with Gasteiger partial charge in [-0.2, -0.15) is 0 Å². The molecule has 0 bridgehead atoms. The number of anilines is 2. The first-order valence-corrected chi connectivity index (χ1v) is 3.99. The van der Waals surface area contributed by atoms with Gasteiger partial charge < -0.3 is 21.6 Å². The summed E-state index contributed by atoms with van der Waals surface area (Å²) in [5.74, 6) is -1.07. The Balaban J connectivity index is 2.79. The van der Waals surface area contributed by atoms with Crippen LogP contribution in [-0.2, 0) is 0 Å². The molecule has 0 unspecified atom stereocenters. The topological polar surface area (TPSA) is 105 Å². The van der Waals surface area contributed by atoms with Crippen LogP contribution in [-0.4, -0.2) is 16.1 Å². The Morgan fingerprint density at radius 3 is 2.71 bits per heavy atom. The molecule has 6 N–H and O–H groups in total. The molecule has 0 radical (unpaired) electrons. The van der Waals surface area contributed by atoms with E-state index in [0.29, 0.717) is 16.6 Å². The first-order chi connectivity index (χ1) is 6.59. The van der Waals surface area contributed by atoms with Crippen LogP contribution >= 0.6 is 0 Å². The number of benzene rings is 1. The number of hydrogen-bond acceptors (Lipinski definition) is 3. The molecular weight excluding hydrogens is 182 g/mol. The number of carboxylic acids is 1. The summed E-state index contributed by atoms with van der Waals surface area (Å²) >= 11 is 0. The monoisotopic (exact) mass is 191 g/mol. The molecule has 72 valence electrons. The number of hydrogen-bond donors (Lipinski definition) is 4. The highest BCUT2D eigenvalue weighted by Gasteiger charge is 2.13. The highest BCUT2D eigenvalue weighted by Crippen LogP contribution is 2.26. The standard InChI is InChI=1S/C9H9N3O2/c10-4-1-2-5-6(3-4)12-8(7(5)11)9(13)14/h1-3,12H,10-11H2,(H,13,14). The lowest BCUT2D eigenvalue weighted by molar-refractivity contribution is 0.0692. The van der Waals surface area contributed by atoms with E-state index in [1.807, 2.05) is 0 Å². The number of aromatic carboxylic acids is 1. The number of nitrogens with one attached hydrogen (secondary N) is 1. The minimum absolute atomic E-state index is 0.00519. The molecule has 0 aliphatic rings. The summed E-state index contributed by atoms with van der Waals surface area (Å²) in [6.07, 6.45) is 0. The number of nitrogens with two attached hydrogens (primary N) is 2. The minimum atomic E-state index is -1.07. The third kappa shape index (κ3) is 1.06. The van der Waals surface area contributed by atoms with Gasteiger partial charge in [-0.3, -0.25) is 0 Å². The van der Waals surface area contributed by atoms with Gasteiger partial charge in [-0.05, 0) is 18.2 Å². The molecule has 0 saturated heterocycles. The van der Waals surface area contributed by atoms with Crippen molar-refractivity contribution in [3.63, 3.8) is 0 Å². The maximum Gasteiger partial charge on any atom is 0.354 e. The third-order valence-corrected chi connectivity index (χ3v) is 2.08. The Morgan fingerprint density at radius 2 is 2.07 bits per heavy atom. The SMILES string of the molecule is Nc1ccc2c(N)c(C(=O)O)[nH]c2c1. The number of aromatic amines is 1. The Morgan fingerprint density at radius 1 is 1.36 bits per heavy atom. The normalized spacial score (nSPS) is 10.6. The number of carbonyl (C=O) groups is 1. The van der Waals surface area contributed by atoms with Gasteiger partial charge in [-0.25, -0.2) is 4.79 Å². The molecular formula is C9H9N3O2. The fraction of sp³-hybridized carbons (Fsp3) is 0. The Labute approximate surface area is 79.3 Å². The van der Waals surface area contributed by atoms with Crippen molar-refractivity contribution in [3.05, 3.63) is 23.9 Å². The molecule has 2 rings (SSSR count). The van der Waals surface area contributed by atoms with E-state index in [2.05, 4.69) is 4.98 Å². The number of rotatable bonds is 1. The molecule has 2 aromatic rings. The maximum atomic E-state index is 10.7. The van der Waals surface area contributed by atoms with Crippen LogP contribution in [0.5, 0.6) is 0 Å². The number of carboxylic acid groups (broad SMARTS) is 1. The van der Waals surface area contributed by atoms with Gasteiger partial charge in [0.05, 0.1) is 11.2 Å². The van der Waals surface area contributed by atoms with Crippen LogP contribution in [0.4, 0.5) is 11.4 Å². The van der Waals surface area contributed by atoms with Crippen molar-refractivity contribution < 1.29 is 9.90 Å². The lowest BCUT2D eigenvalue weighted by Gasteiger charge is -1.93. The molecule has 1 heterocycles. The Bertz CT molecular complexity index is 516. The second kappa shape index (κ2) is 2.66. The van der Waals surface area contributed by atoms with Crippen molar-refractivity contribution >= 4 is 28.2 Å². The van der Waals surface area contributed by atoms with Crippen molar-refractivity contribution in [1.82, 2.24) is 4.98 Å². The molecule has 0 spiro atoms. The second-order valence-electron chi connectivity index (χ2n) is 3.02. The van der Waals surface area contributed by atoms with Gasteiger partial charge in [0.1, 0.15) is 5.69 Å². The quantitative estimate of drug-likeness (QED) is 0.505. The van der Waals surface area contributed by atoms with E-state index in [1.54, 1.807) is 18.2 Å². The molecule has 5 nitrogen and oxygen atoms in total. The highest BCUT2D eigenvalue weighted by molar-refractivity contribution is 6.05. The van der Waals surface area contributed by atoms with Crippen LogP contribution in [0.15, 0.2) is 18.2 Å². The highest BCUT2D eigenvalue weighted by atomic mass is 16.4. The van der Waals surface area contributed by atoms with Crippen molar-refractivity contribution in [2.75, 3.05) is 11.5 Å². The zero-order chi connectivity index (χ0) is 10.3. The number of nitrogen functional groups attached to an aromatic ring is 2. The zero-order valence-corrected chi connectivity index (χ0v) is 7.24. The molecule has 1 aromatic heterocycles. The zero-order valence-electron chi connectivity index (χ0n) is 7.24. The molecule has 0 aliphatic carbocycles. The van der Waals surface area contributed by atoms with Crippen LogP contribution < -0.4 is 11.5 Å². The number of fused-ring (bicyclic) bond motifs is 1. The molecule has 5 heteroatoms. The molecule has 0 aliphatic heterocycles. The molecule has 0 fully saturated rings. The Hall–Kier alpha value is -2.17. The fourth-order valence-corrected chi connectivity index (χ4v) is 1.41. The third-order valence-electron chi connectivity index (χ3n) is 2.08. The predicted octanol–water partition coefficient (Wildman–Crippen LogP) is 1.03. The van der Waals surface area contributed by atoms with E-state index < -0.39 is 5.97 Å². The smallest absolute Gasteiger partial charge is 0.354 e.